The molecule has 2 aromatic rings. The third kappa shape index (κ3) is 8.80. The van der Waals surface area contributed by atoms with Gasteiger partial charge in [-0.05, 0) is 74.9 Å². The molecule has 0 saturated carbocycles. The third-order valence-electron chi connectivity index (χ3n) is 7.39. The Hall–Kier alpha value is -2.90. The average Bonchev–Trinajstić information content (AvgIpc) is 2.91. The topological polar surface area (TPSA) is 71.1 Å². The van der Waals surface area contributed by atoms with E-state index in [0.717, 1.165) is 37.4 Å². The number of nitrogens with one attached hydrogen (secondary N) is 1. The smallest absolute Gasteiger partial charge is 0.305 e. The summed E-state index contributed by atoms with van der Waals surface area (Å²) in [4.78, 5) is 29.4. The van der Waals surface area contributed by atoms with Crippen molar-refractivity contribution in [2.75, 3.05) is 39.9 Å². The van der Waals surface area contributed by atoms with Crippen LogP contribution < -0.4 is 10.1 Å². The molecule has 1 fully saturated rings. The van der Waals surface area contributed by atoms with Crippen molar-refractivity contribution in [1.82, 2.24) is 15.1 Å². The van der Waals surface area contributed by atoms with E-state index in [4.69, 9.17) is 9.47 Å². The normalized spacial score (nSPS) is 19.1. The van der Waals surface area contributed by atoms with Crippen molar-refractivity contribution in [2.24, 2.45) is 5.92 Å². The second-order valence-electron chi connectivity index (χ2n) is 11.1. The first kappa shape index (κ1) is 30.6. The molecule has 0 radical (unpaired) electrons. The number of carbonyl (C=O) groups excluding carboxylic acids is 2. The van der Waals surface area contributed by atoms with Gasteiger partial charge in [-0.25, -0.2) is 0 Å². The number of rotatable bonds is 13. The number of hydrogen-bond acceptors (Lipinski definition) is 6. The molecular weight excluding hydrogens is 490 g/mol. The minimum atomic E-state index is -0.185. The van der Waals surface area contributed by atoms with Crippen LogP contribution in [-0.4, -0.2) is 73.7 Å². The molecule has 1 aliphatic heterocycles. The van der Waals surface area contributed by atoms with Crippen molar-refractivity contribution in [3.8, 4) is 5.75 Å². The molecule has 0 aliphatic carbocycles. The van der Waals surface area contributed by atoms with Crippen LogP contribution in [-0.2, 0) is 9.53 Å². The highest BCUT2D eigenvalue weighted by molar-refractivity contribution is 5.94. The second-order valence-corrected chi connectivity index (χ2v) is 11.1. The first-order valence-electron chi connectivity index (χ1n) is 14.4. The van der Waals surface area contributed by atoms with Crippen LogP contribution in [0.4, 0.5) is 0 Å². The highest BCUT2D eigenvalue weighted by Crippen LogP contribution is 2.35. The lowest BCUT2D eigenvalue weighted by Crippen LogP contribution is -2.57. The average molecular weight is 538 g/mol. The molecule has 3 atom stereocenters. The zero-order valence-corrected chi connectivity index (χ0v) is 24.6. The number of benzene rings is 2. The van der Waals surface area contributed by atoms with E-state index in [1.807, 2.05) is 24.3 Å². The lowest BCUT2D eigenvalue weighted by atomic mass is 9.92. The lowest BCUT2D eigenvalue weighted by Gasteiger charge is -2.48. The number of esters is 1. The van der Waals surface area contributed by atoms with Gasteiger partial charge in [-0.2, -0.15) is 0 Å². The number of hydrogen-bond donors (Lipinski definition) is 1. The van der Waals surface area contributed by atoms with Gasteiger partial charge in [0, 0.05) is 50.2 Å². The van der Waals surface area contributed by atoms with Gasteiger partial charge in [-0.1, -0.05) is 38.1 Å². The van der Waals surface area contributed by atoms with Crippen LogP contribution in [0.3, 0.4) is 0 Å². The van der Waals surface area contributed by atoms with Crippen LogP contribution in [0.1, 0.15) is 81.4 Å². The van der Waals surface area contributed by atoms with Crippen LogP contribution >= 0.6 is 0 Å². The van der Waals surface area contributed by atoms with Crippen molar-refractivity contribution in [3.63, 3.8) is 0 Å². The Morgan fingerprint density at radius 1 is 1.00 bits per heavy atom. The van der Waals surface area contributed by atoms with E-state index in [9.17, 15) is 9.59 Å². The zero-order chi connectivity index (χ0) is 28.4. The Morgan fingerprint density at radius 2 is 1.74 bits per heavy atom. The number of nitrogens with zero attached hydrogens (tertiary/aromatic N) is 2. The predicted octanol–water partition coefficient (Wildman–Crippen LogP) is 5.30. The van der Waals surface area contributed by atoms with Crippen molar-refractivity contribution >= 4 is 11.9 Å². The summed E-state index contributed by atoms with van der Waals surface area (Å²) in [6.07, 6.45) is 1.81. The van der Waals surface area contributed by atoms with E-state index >= 15 is 0 Å². The highest BCUT2D eigenvalue weighted by atomic mass is 16.5. The van der Waals surface area contributed by atoms with E-state index in [-0.39, 0.29) is 17.9 Å². The Labute approximate surface area is 234 Å². The van der Waals surface area contributed by atoms with Gasteiger partial charge >= 0.3 is 5.97 Å². The molecule has 1 heterocycles. The number of carbonyl (C=O) groups is 2. The molecule has 1 saturated heterocycles. The van der Waals surface area contributed by atoms with Crippen molar-refractivity contribution in [1.29, 1.82) is 0 Å². The summed E-state index contributed by atoms with van der Waals surface area (Å²) in [6, 6.07) is 17.2. The van der Waals surface area contributed by atoms with Crippen molar-refractivity contribution < 1.29 is 19.1 Å². The van der Waals surface area contributed by atoms with E-state index < -0.39 is 0 Å². The number of amides is 1. The molecule has 39 heavy (non-hydrogen) atoms. The largest absolute Gasteiger partial charge is 0.497 e. The van der Waals surface area contributed by atoms with Gasteiger partial charge in [-0.3, -0.25) is 19.4 Å². The predicted molar refractivity (Wildman–Crippen MR) is 156 cm³/mol. The first-order valence-corrected chi connectivity index (χ1v) is 14.4. The number of unbranched alkanes of at least 4 members (excludes halogenated alkanes) is 1. The molecule has 7 heteroatoms. The van der Waals surface area contributed by atoms with Gasteiger partial charge in [0.05, 0.1) is 19.8 Å². The van der Waals surface area contributed by atoms with Crippen molar-refractivity contribution in [3.05, 3.63) is 65.2 Å². The summed E-state index contributed by atoms with van der Waals surface area (Å²) in [5, 5.41) is 2.97. The van der Waals surface area contributed by atoms with Crippen LogP contribution in [0.2, 0.25) is 0 Å². The molecule has 0 unspecified atom stereocenters. The Bertz CT molecular complexity index is 1060. The molecule has 1 amide bonds. The van der Waals surface area contributed by atoms with Gasteiger partial charge < -0.3 is 14.8 Å². The molecule has 214 valence electrons. The monoisotopic (exact) mass is 537 g/mol. The second kappa shape index (κ2) is 15.0. The summed E-state index contributed by atoms with van der Waals surface area (Å²) in [5.74, 6) is 1.20. The first-order chi connectivity index (χ1) is 18.7. The van der Waals surface area contributed by atoms with Crippen LogP contribution in [0.5, 0.6) is 5.75 Å². The molecule has 1 aliphatic rings. The molecule has 0 aromatic heterocycles. The van der Waals surface area contributed by atoms with Crippen LogP contribution in [0, 0.1) is 5.92 Å². The Kier molecular flexibility index (Phi) is 11.8. The van der Waals surface area contributed by atoms with E-state index in [0.29, 0.717) is 49.6 Å². The van der Waals surface area contributed by atoms with Gasteiger partial charge in [0.2, 0.25) is 0 Å². The van der Waals surface area contributed by atoms with E-state index in [2.05, 4.69) is 67.1 Å². The molecule has 3 rings (SSSR count). The van der Waals surface area contributed by atoms with Gasteiger partial charge in [0.15, 0.2) is 0 Å². The van der Waals surface area contributed by atoms with Crippen LogP contribution in [0.15, 0.2) is 48.5 Å². The number of methoxy groups -OCH3 is 1. The van der Waals surface area contributed by atoms with E-state index in [1.165, 1.54) is 5.56 Å². The molecule has 1 N–H and O–H groups in total. The lowest BCUT2D eigenvalue weighted by molar-refractivity contribution is -0.143. The molecular formula is C32H47N3O4. The molecule has 0 bridgehead atoms. The van der Waals surface area contributed by atoms with Gasteiger partial charge in [-0.15, -0.1) is 0 Å². The van der Waals surface area contributed by atoms with Gasteiger partial charge in [0.1, 0.15) is 5.75 Å². The Morgan fingerprint density at radius 3 is 2.41 bits per heavy atom. The molecule has 0 spiro atoms. The zero-order valence-electron chi connectivity index (χ0n) is 24.6. The van der Waals surface area contributed by atoms with Crippen LogP contribution in [0.25, 0.3) is 0 Å². The maximum Gasteiger partial charge on any atom is 0.305 e. The quantitative estimate of drug-likeness (QED) is 0.276. The summed E-state index contributed by atoms with van der Waals surface area (Å²) in [5.41, 5.74) is 2.98. The summed E-state index contributed by atoms with van der Waals surface area (Å²) >= 11 is 0. The summed E-state index contributed by atoms with van der Waals surface area (Å²) in [6.45, 7) is 15.0. The molecule has 2 aromatic carbocycles. The maximum atomic E-state index is 12.8. The minimum Gasteiger partial charge on any atom is -0.497 e. The fourth-order valence-corrected chi connectivity index (χ4v) is 5.44. The highest BCUT2D eigenvalue weighted by Gasteiger charge is 2.35. The third-order valence-corrected chi connectivity index (χ3v) is 7.39. The minimum absolute atomic E-state index is 0.0544. The summed E-state index contributed by atoms with van der Waals surface area (Å²) < 4.78 is 10.5. The standard InChI is InChI=1S/C32H47N3O4/c1-7-39-30(36)13-8-9-18-33-32(37)27-16-14-26(15-17-27)31(28-11-10-12-29(19-28)38-6)35-22-24(4)34(20-23(2)3)21-25(35)5/h10-12,14-17,19,23-25,31H,7-9,13,18,20-22H2,1-6H3,(H,33,37)/t24-,25+,31-/m1/s1. The SMILES string of the molecule is CCOC(=O)CCCCNC(=O)c1ccc([C@H](c2cccc(OC)c2)N2C[C@@H](C)N(CC(C)C)C[C@@H]2C)cc1. The fraction of sp³-hybridized carbons (Fsp3) is 0.562. The fourth-order valence-electron chi connectivity index (χ4n) is 5.44. The number of piperazine rings is 1. The summed E-state index contributed by atoms with van der Waals surface area (Å²) in [7, 11) is 1.70. The van der Waals surface area contributed by atoms with E-state index in [1.54, 1.807) is 14.0 Å². The Balaban J connectivity index is 1.74. The molecule has 7 nitrogen and oxygen atoms in total. The van der Waals surface area contributed by atoms with Crippen molar-refractivity contribution in [2.45, 2.75) is 72.0 Å². The number of ether oxygens (including phenoxy) is 2. The van der Waals surface area contributed by atoms with Gasteiger partial charge in [0.25, 0.3) is 5.91 Å². The maximum absolute atomic E-state index is 12.8.